The summed E-state index contributed by atoms with van der Waals surface area (Å²) in [5.74, 6) is 1.38. The summed E-state index contributed by atoms with van der Waals surface area (Å²) in [5, 5.41) is 7.65. The van der Waals surface area contributed by atoms with Crippen molar-refractivity contribution in [1.29, 1.82) is 0 Å². The van der Waals surface area contributed by atoms with Crippen LogP contribution in [0.25, 0.3) is 17.2 Å². The van der Waals surface area contributed by atoms with Gasteiger partial charge in [-0.2, -0.15) is 0 Å². The van der Waals surface area contributed by atoms with Crippen LogP contribution in [0.5, 0.6) is 0 Å². The average molecular weight is 223 g/mol. The Labute approximate surface area is 97.8 Å². The smallest absolute Gasteiger partial charge is 0.161 e. The summed E-state index contributed by atoms with van der Waals surface area (Å²) in [6, 6.07) is 11.6. The molecule has 0 fully saturated rings. The van der Waals surface area contributed by atoms with Crippen molar-refractivity contribution >= 4 is 0 Å². The highest BCUT2D eigenvalue weighted by molar-refractivity contribution is 5.55. The first-order valence-corrected chi connectivity index (χ1v) is 5.19. The van der Waals surface area contributed by atoms with Crippen molar-refractivity contribution < 1.29 is 0 Å². The fourth-order valence-electron chi connectivity index (χ4n) is 1.53. The largest absolute Gasteiger partial charge is 0.236 e. The molecule has 0 saturated heterocycles. The zero-order valence-corrected chi connectivity index (χ0v) is 8.93. The van der Waals surface area contributed by atoms with E-state index in [1.54, 1.807) is 29.3 Å². The predicted octanol–water partition coefficient (Wildman–Crippen LogP) is 1.72. The molecule has 1 aromatic carbocycles. The third-order valence-corrected chi connectivity index (χ3v) is 2.33. The van der Waals surface area contributed by atoms with E-state index in [4.69, 9.17) is 0 Å². The summed E-state index contributed by atoms with van der Waals surface area (Å²) in [4.78, 5) is 8.68. The van der Waals surface area contributed by atoms with E-state index in [2.05, 4.69) is 20.3 Å². The van der Waals surface area contributed by atoms with Gasteiger partial charge in [0.25, 0.3) is 0 Å². The molecule has 3 rings (SSSR count). The standard InChI is InChI=1S/C12H9N5/c1-2-4-10(5-3-1)12-13-7-6-11(15-12)17-9-8-14-16-17/h1-9H. The van der Waals surface area contributed by atoms with Gasteiger partial charge in [0.15, 0.2) is 11.6 Å². The summed E-state index contributed by atoms with van der Waals surface area (Å²) >= 11 is 0. The molecule has 2 heterocycles. The Morgan fingerprint density at radius 3 is 2.59 bits per heavy atom. The number of hydrogen-bond donors (Lipinski definition) is 0. The van der Waals surface area contributed by atoms with E-state index < -0.39 is 0 Å². The Bertz CT molecular complexity index is 604. The monoisotopic (exact) mass is 223 g/mol. The fourth-order valence-corrected chi connectivity index (χ4v) is 1.53. The molecule has 3 aromatic rings. The molecule has 0 aliphatic heterocycles. The first-order valence-electron chi connectivity index (χ1n) is 5.19. The van der Waals surface area contributed by atoms with Gasteiger partial charge in [0, 0.05) is 17.8 Å². The number of rotatable bonds is 2. The molecule has 0 aliphatic carbocycles. The van der Waals surface area contributed by atoms with E-state index >= 15 is 0 Å². The maximum Gasteiger partial charge on any atom is 0.161 e. The Balaban J connectivity index is 2.06. The van der Waals surface area contributed by atoms with Gasteiger partial charge in [0.1, 0.15) is 0 Å². The molecule has 0 amide bonds. The molecule has 0 bridgehead atoms. The lowest BCUT2D eigenvalue weighted by molar-refractivity contribution is 0.779. The lowest BCUT2D eigenvalue weighted by Gasteiger charge is -2.02. The van der Waals surface area contributed by atoms with Gasteiger partial charge >= 0.3 is 0 Å². The summed E-state index contributed by atoms with van der Waals surface area (Å²) in [7, 11) is 0. The first-order chi connectivity index (χ1) is 8.43. The molecule has 0 saturated carbocycles. The molecular formula is C12H9N5. The molecule has 0 N–H and O–H groups in total. The van der Waals surface area contributed by atoms with Crippen LogP contribution in [0.15, 0.2) is 55.0 Å². The summed E-state index contributed by atoms with van der Waals surface area (Å²) < 4.78 is 1.61. The minimum atomic E-state index is 0.679. The molecule has 0 unspecified atom stereocenters. The van der Waals surface area contributed by atoms with Crippen molar-refractivity contribution in [2.75, 3.05) is 0 Å². The number of aromatic nitrogens is 5. The molecule has 17 heavy (non-hydrogen) atoms. The minimum absolute atomic E-state index is 0.679. The van der Waals surface area contributed by atoms with Crippen LogP contribution in [0.3, 0.4) is 0 Å². The Morgan fingerprint density at radius 2 is 1.82 bits per heavy atom. The molecule has 5 heteroatoms. The molecule has 0 spiro atoms. The van der Waals surface area contributed by atoms with Crippen LogP contribution in [0, 0.1) is 0 Å². The van der Waals surface area contributed by atoms with Crippen LogP contribution >= 0.6 is 0 Å². The van der Waals surface area contributed by atoms with Gasteiger partial charge in [0.2, 0.25) is 0 Å². The maximum absolute atomic E-state index is 4.43. The molecular weight excluding hydrogens is 214 g/mol. The normalized spacial score (nSPS) is 10.4. The molecule has 5 nitrogen and oxygen atoms in total. The van der Waals surface area contributed by atoms with E-state index in [1.807, 2.05) is 30.3 Å². The highest BCUT2D eigenvalue weighted by Crippen LogP contribution is 2.14. The zero-order chi connectivity index (χ0) is 11.5. The number of nitrogens with zero attached hydrogens (tertiary/aromatic N) is 5. The van der Waals surface area contributed by atoms with Gasteiger partial charge in [-0.1, -0.05) is 35.5 Å². The van der Waals surface area contributed by atoms with Gasteiger partial charge in [-0.25, -0.2) is 14.6 Å². The highest BCUT2D eigenvalue weighted by Gasteiger charge is 2.03. The van der Waals surface area contributed by atoms with Gasteiger partial charge in [-0.3, -0.25) is 0 Å². The van der Waals surface area contributed by atoms with Crippen LogP contribution < -0.4 is 0 Å². The SMILES string of the molecule is c1ccc(-c2nccc(-n3ccnn3)n2)cc1. The van der Waals surface area contributed by atoms with E-state index in [-0.39, 0.29) is 0 Å². The zero-order valence-electron chi connectivity index (χ0n) is 8.93. The van der Waals surface area contributed by atoms with E-state index in [0.717, 1.165) is 5.56 Å². The third-order valence-electron chi connectivity index (χ3n) is 2.33. The first kappa shape index (κ1) is 9.65. The van der Waals surface area contributed by atoms with Crippen LogP contribution in [0.2, 0.25) is 0 Å². The minimum Gasteiger partial charge on any atom is -0.236 e. The van der Waals surface area contributed by atoms with Crippen molar-refractivity contribution in [2.24, 2.45) is 0 Å². The van der Waals surface area contributed by atoms with Gasteiger partial charge in [0.05, 0.1) is 12.4 Å². The van der Waals surface area contributed by atoms with Crippen LogP contribution in [-0.2, 0) is 0 Å². The second kappa shape index (κ2) is 4.13. The van der Waals surface area contributed by atoms with Crippen LogP contribution in [0.4, 0.5) is 0 Å². The molecule has 0 radical (unpaired) electrons. The maximum atomic E-state index is 4.43. The summed E-state index contributed by atoms with van der Waals surface area (Å²) in [5.41, 5.74) is 0.981. The number of hydrogen-bond acceptors (Lipinski definition) is 4. The highest BCUT2D eigenvalue weighted by atomic mass is 15.4. The van der Waals surface area contributed by atoms with E-state index in [1.165, 1.54) is 0 Å². The van der Waals surface area contributed by atoms with Crippen LogP contribution in [-0.4, -0.2) is 25.0 Å². The van der Waals surface area contributed by atoms with Crippen molar-refractivity contribution in [2.45, 2.75) is 0 Å². The quantitative estimate of drug-likeness (QED) is 0.663. The average Bonchev–Trinajstić information content (AvgIpc) is 2.94. The van der Waals surface area contributed by atoms with Gasteiger partial charge in [-0.15, -0.1) is 5.10 Å². The second-order valence-corrected chi connectivity index (χ2v) is 3.45. The van der Waals surface area contributed by atoms with Gasteiger partial charge < -0.3 is 0 Å². The van der Waals surface area contributed by atoms with E-state index in [0.29, 0.717) is 11.6 Å². The Kier molecular flexibility index (Phi) is 2.34. The number of benzene rings is 1. The Hall–Kier alpha value is -2.56. The van der Waals surface area contributed by atoms with Crippen molar-refractivity contribution in [3.05, 3.63) is 55.0 Å². The fraction of sp³-hybridized carbons (Fsp3) is 0. The topological polar surface area (TPSA) is 56.5 Å². The van der Waals surface area contributed by atoms with E-state index in [9.17, 15) is 0 Å². The second-order valence-electron chi connectivity index (χ2n) is 3.45. The Morgan fingerprint density at radius 1 is 0.941 bits per heavy atom. The van der Waals surface area contributed by atoms with Gasteiger partial charge in [-0.05, 0) is 0 Å². The predicted molar refractivity (Wildman–Crippen MR) is 62.4 cm³/mol. The van der Waals surface area contributed by atoms with Crippen molar-refractivity contribution in [3.63, 3.8) is 0 Å². The van der Waals surface area contributed by atoms with Crippen molar-refractivity contribution in [3.8, 4) is 17.2 Å². The summed E-state index contributed by atoms with van der Waals surface area (Å²) in [6.45, 7) is 0. The lowest BCUT2D eigenvalue weighted by Crippen LogP contribution is -2.00. The summed E-state index contributed by atoms with van der Waals surface area (Å²) in [6.07, 6.45) is 5.08. The third kappa shape index (κ3) is 1.90. The molecule has 2 aromatic heterocycles. The molecule has 0 aliphatic rings. The lowest BCUT2D eigenvalue weighted by atomic mass is 10.2. The molecule has 82 valence electrons. The van der Waals surface area contributed by atoms with Crippen LogP contribution in [0.1, 0.15) is 0 Å². The van der Waals surface area contributed by atoms with Crippen molar-refractivity contribution in [1.82, 2.24) is 25.0 Å². The molecule has 0 atom stereocenters.